The van der Waals surface area contributed by atoms with Gasteiger partial charge < -0.3 is 80.1 Å². The first-order valence-corrected chi connectivity index (χ1v) is 11.6. The molecular formula is C20H35NO16. The SMILES string of the molecule is CC(=O)N[C@H]1[C@@H](O[C@H]2[C@@H](O)[C@@H](CO)O[C@@H](O[C@@H]3C(O)O[C@@H](CO)[C@@H](O)[C@H]3O)[C@@H]2O)O[C@H](CO)[C@H](O)[C@@H]1O. The van der Waals surface area contributed by atoms with Gasteiger partial charge in [0, 0.05) is 6.92 Å². The third kappa shape index (κ3) is 6.38. The fourth-order valence-electron chi connectivity index (χ4n) is 4.44. The lowest BCUT2D eigenvalue weighted by Gasteiger charge is -2.48. The Hall–Kier alpha value is -1.13. The van der Waals surface area contributed by atoms with E-state index in [1.54, 1.807) is 0 Å². The number of ether oxygens (including phenoxy) is 5. The fourth-order valence-corrected chi connectivity index (χ4v) is 4.44. The van der Waals surface area contributed by atoms with Crippen molar-refractivity contribution >= 4 is 5.91 Å². The third-order valence-electron chi connectivity index (χ3n) is 6.50. The van der Waals surface area contributed by atoms with Crippen LogP contribution in [0.2, 0.25) is 0 Å². The van der Waals surface area contributed by atoms with E-state index in [1.165, 1.54) is 0 Å². The molecule has 1 amide bonds. The Balaban J connectivity index is 1.81. The number of hydrogen-bond acceptors (Lipinski definition) is 16. The van der Waals surface area contributed by atoms with Crippen LogP contribution >= 0.6 is 0 Å². The highest BCUT2D eigenvalue weighted by Crippen LogP contribution is 2.32. The molecule has 0 aliphatic carbocycles. The van der Waals surface area contributed by atoms with Crippen molar-refractivity contribution in [1.82, 2.24) is 5.32 Å². The molecule has 0 saturated carbocycles. The highest BCUT2D eigenvalue weighted by atomic mass is 16.7. The predicted molar refractivity (Wildman–Crippen MR) is 113 cm³/mol. The van der Waals surface area contributed by atoms with Crippen LogP contribution in [0.3, 0.4) is 0 Å². The number of carbonyl (C=O) groups excluding carboxylic acids is 1. The summed E-state index contributed by atoms with van der Waals surface area (Å²) >= 11 is 0. The molecule has 216 valence electrons. The smallest absolute Gasteiger partial charge is 0.217 e. The Bertz CT molecular complexity index is 747. The van der Waals surface area contributed by atoms with Gasteiger partial charge in [-0.05, 0) is 0 Å². The minimum absolute atomic E-state index is 0.654. The number of nitrogens with one attached hydrogen (secondary N) is 1. The molecule has 3 fully saturated rings. The molecule has 15 atom stereocenters. The van der Waals surface area contributed by atoms with Crippen molar-refractivity contribution in [3.63, 3.8) is 0 Å². The van der Waals surface area contributed by atoms with Crippen molar-refractivity contribution < 1.29 is 79.5 Å². The summed E-state index contributed by atoms with van der Waals surface area (Å²) in [6, 6.07) is -1.43. The fraction of sp³-hybridized carbons (Fsp3) is 0.950. The maximum Gasteiger partial charge on any atom is 0.217 e. The van der Waals surface area contributed by atoms with Crippen LogP contribution in [0.25, 0.3) is 0 Å². The Morgan fingerprint density at radius 3 is 1.70 bits per heavy atom. The zero-order valence-electron chi connectivity index (χ0n) is 19.7. The quantitative estimate of drug-likeness (QED) is 0.135. The van der Waals surface area contributed by atoms with Gasteiger partial charge in [-0.2, -0.15) is 0 Å². The lowest BCUT2D eigenvalue weighted by molar-refractivity contribution is -0.377. The van der Waals surface area contributed by atoms with Crippen molar-refractivity contribution in [2.75, 3.05) is 19.8 Å². The Morgan fingerprint density at radius 1 is 0.649 bits per heavy atom. The number of aliphatic hydroxyl groups excluding tert-OH is 10. The summed E-state index contributed by atoms with van der Waals surface area (Å²) in [6.45, 7) is -1.21. The van der Waals surface area contributed by atoms with Gasteiger partial charge in [0.1, 0.15) is 73.2 Å². The van der Waals surface area contributed by atoms with Gasteiger partial charge in [0.05, 0.1) is 19.8 Å². The summed E-state index contributed by atoms with van der Waals surface area (Å²) in [7, 11) is 0. The van der Waals surface area contributed by atoms with E-state index in [-0.39, 0.29) is 0 Å². The van der Waals surface area contributed by atoms with Crippen molar-refractivity contribution in [2.45, 2.75) is 99.0 Å². The number of hydrogen-bond donors (Lipinski definition) is 11. The first-order valence-electron chi connectivity index (χ1n) is 11.6. The molecular weight excluding hydrogens is 510 g/mol. The van der Waals surface area contributed by atoms with Gasteiger partial charge in [0.25, 0.3) is 0 Å². The summed E-state index contributed by atoms with van der Waals surface area (Å²) in [5.74, 6) is -0.654. The van der Waals surface area contributed by atoms with Crippen LogP contribution in [0, 0.1) is 0 Å². The monoisotopic (exact) mass is 545 g/mol. The maximum atomic E-state index is 11.7. The second-order valence-corrected chi connectivity index (χ2v) is 9.07. The molecule has 1 unspecified atom stereocenters. The lowest BCUT2D eigenvalue weighted by Crippen LogP contribution is -2.68. The molecule has 3 saturated heterocycles. The molecule has 37 heavy (non-hydrogen) atoms. The third-order valence-corrected chi connectivity index (χ3v) is 6.50. The van der Waals surface area contributed by atoms with Crippen LogP contribution in [0.4, 0.5) is 0 Å². The van der Waals surface area contributed by atoms with E-state index in [0.29, 0.717) is 0 Å². The van der Waals surface area contributed by atoms with Gasteiger partial charge in [0.15, 0.2) is 18.9 Å². The topological polar surface area (TPSA) is 278 Å². The second kappa shape index (κ2) is 12.8. The molecule has 3 aliphatic rings. The van der Waals surface area contributed by atoms with Gasteiger partial charge in [-0.1, -0.05) is 0 Å². The van der Waals surface area contributed by atoms with E-state index in [9.17, 15) is 55.9 Å². The summed E-state index contributed by atoms with van der Waals surface area (Å²) < 4.78 is 26.8. The molecule has 0 bridgehead atoms. The van der Waals surface area contributed by atoms with Crippen molar-refractivity contribution in [1.29, 1.82) is 0 Å². The molecule has 0 radical (unpaired) electrons. The normalized spacial score (nSPS) is 49.0. The van der Waals surface area contributed by atoms with Crippen LogP contribution in [0.15, 0.2) is 0 Å². The summed E-state index contributed by atoms with van der Waals surface area (Å²) in [5, 5.41) is 103. The number of amides is 1. The lowest BCUT2D eigenvalue weighted by atomic mass is 9.95. The predicted octanol–water partition coefficient (Wildman–Crippen LogP) is -7.43. The molecule has 0 aromatic carbocycles. The van der Waals surface area contributed by atoms with E-state index < -0.39 is 118 Å². The number of rotatable bonds is 8. The van der Waals surface area contributed by atoms with Crippen molar-refractivity contribution in [2.24, 2.45) is 0 Å². The highest BCUT2D eigenvalue weighted by Gasteiger charge is 2.53. The van der Waals surface area contributed by atoms with Gasteiger partial charge in [-0.25, -0.2) is 0 Å². The van der Waals surface area contributed by atoms with Gasteiger partial charge in [-0.3, -0.25) is 4.79 Å². The van der Waals surface area contributed by atoms with E-state index >= 15 is 0 Å². The minimum Gasteiger partial charge on any atom is -0.394 e. The number of aliphatic hydroxyl groups is 10. The Kier molecular flexibility index (Phi) is 10.5. The van der Waals surface area contributed by atoms with Gasteiger partial charge in [-0.15, -0.1) is 0 Å². The molecule has 3 heterocycles. The largest absolute Gasteiger partial charge is 0.394 e. The molecule has 17 heteroatoms. The van der Waals surface area contributed by atoms with Crippen LogP contribution in [0.5, 0.6) is 0 Å². The Morgan fingerprint density at radius 2 is 1.14 bits per heavy atom. The molecule has 0 aromatic heterocycles. The second-order valence-electron chi connectivity index (χ2n) is 9.07. The van der Waals surface area contributed by atoms with Crippen molar-refractivity contribution in [3.05, 3.63) is 0 Å². The maximum absolute atomic E-state index is 11.7. The summed E-state index contributed by atoms with van der Waals surface area (Å²) in [4.78, 5) is 11.7. The Labute approximate surface area is 210 Å². The average molecular weight is 545 g/mol. The average Bonchev–Trinajstić information content (AvgIpc) is 2.86. The van der Waals surface area contributed by atoms with Crippen LogP contribution in [0.1, 0.15) is 6.92 Å². The molecule has 3 aliphatic heterocycles. The molecule has 0 spiro atoms. The van der Waals surface area contributed by atoms with Gasteiger partial charge >= 0.3 is 0 Å². The van der Waals surface area contributed by atoms with Crippen LogP contribution in [-0.2, 0) is 28.5 Å². The van der Waals surface area contributed by atoms with Crippen LogP contribution in [-0.4, -0.2) is 169 Å². The molecule has 3 rings (SSSR count). The van der Waals surface area contributed by atoms with E-state index in [4.69, 9.17) is 23.7 Å². The summed E-state index contributed by atoms with van der Waals surface area (Å²) in [5.41, 5.74) is 0. The highest BCUT2D eigenvalue weighted by molar-refractivity contribution is 5.73. The number of carbonyl (C=O) groups is 1. The van der Waals surface area contributed by atoms with Crippen molar-refractivity contribution in [3.8, 4) is 0 Å². The standard InChI is InChI=1S/C20H35NO16/c1-5(25)21-9-13(29)10(26)7(3-23)34-19(9)36-16-12(28)8(4-24)35-20(15(16)31)37-17-14(30)11(27)6(2-22)33-18(17)32/h6-20,22-24,26-32H,2-4H2,1H3,(H,21,25)/t6-,7+,8+,9+,10-,11+,12-,13+,14+,15+,16-,17-,18?,19+,20-/m0/s1. The van der Waals surface area contributed by atoms with Crippen LogP contribution < -0.4 is 5.32 Å². The zero-order valence-corrected chi connectivity index (χ0v) is 19.7. The first kappa shape index (κ1) is 30.4. The summed E-state index contributed by atoms with van der Waals surface area (Å²) in [6.07, 6.45) is -23.5. The molecule has 11 N–H and O–H groups in total. The van der Waals surface area contributed by atoms with Gasteiger partial charge in [0.2, 0.25) is 5.91 Å². The first-order chi connectivity index (χ1) is 17.4. The minimum atomic E-state index is -1.93. The molecule has 17 nitrogen and oxygen atoms in total. The van der Waals surface area contributed by atoms with E-state index in [1.807, 2.05) is 0 Å². The van der Waals surface area contributed by atoms with E-state index in [0.717, 1.165) is 6.92 Å². The molecule has 0 aromatic rings. The van der Waals surface area contributed by atoms with E-state index in [2.05, 4.69) is 5.32 Å². The zero-order chi connectivity index (χ0) is 27.6.